The van der Waals surface area contributed by atoms with Gasteiger partial charge >= 0.3 is 5.97 Å². The van der Waals surface area contributed by atoms with Crippen molar-refractivity contribution in [3.8, 4) is 0 Å². The topological polar surface area (TPSA) is 109 Å². The number of likely N-dealkylation sites (tertiary alicyclic amines) is 1. The van der Waals surface area contributed by atoms with Gasteiger partial charge in [-0.25, -0.2) is 0 Å². The number of allylic oxidation sites excluding steroid dienone is 1. The van der Waals surface area contributed by atoms with E-state index >= 15 is 0 Å². The highest BCUT2D eigenvalue weighted by Crippen LogP contribution is 2.65. The summed E-state index contributed by atoms with van der Waals surface area (Å²) in [5, 5.41) is 9.30. The number of rotatable bonds is 17. The van der Waals surface area contributed by atoms with Crippen molar-refractivity contribution in [2.24, 2.45) is 17.8 Å². The van der Waals surface area contributed by atoms with Crippen molar-refractivity contribution in [3.63, 3.8) is 0 Å². The Bertz CT molecular complexity index is 985. The molecule has 6 atom stereocenters. The Hall–Kier alpha value is -2.27. The number of ether oxygens (including phenoxy) is 3. The van der Waals surface area contributed by atoms with Gasteiger partial charge in [0, 0.05) is 45.9 Å². The van der Waals surface area contributed by atoms with Crippen molar-refractivity contribution in [3.05, 3.63) is 25.3 Å². The van der Waals surface area contributed by atoms with Gasteiger partial charge in [0.25, 0.3) is 0 Å². The van der Waals surface area contributed by atoms with Crippen LogP contribution in [0.2, 0.25) is 0 Å². The summed E-state index contributed by atoms with van der Waals surface area (Å²) in [6.07, 6.45) is 8.55. The second-order valence-electron chi connectivity index (χ2n) is 12.5. The van der Waals surface area contributed by atoms with Gasteiger partial charge in [-0.3, -0.25) is 19.3 Å². The molecule has 10 nitrogen and oxygen atoms in total. The molecule has 0 radical (unpaired) electrons. The molecule has 4 saturated heterocycles. The zero-order chi connectivity index (χ0) is 30.3. The van der Waals surface area contributed by atoms with Crippen LogP contribution in [0.5, 0.6) is 0 Å². The van der Waals surface area contributed by atoms with Gasteiger partial charge < -0.3 is 29.1 Å². The largest absolute Gasteiger partial charge is 0.465 e. The van der Waals surface area contributed by atoms with Crippen molar-refractivity contribution in [2.75, 3.05) is 65.7 Å². The molecule has 1 spiro atoms. The van der Waals surface area contributed by atoms with Crippen LogP contribution in [0.1, 0.15) is 58.8 Å². The van der Waals surface area contributed by atoms with Gasteiger partial charge in [-0.05, 0) is 57.8 Å². The fourth-order valence-electron chi connectivity index (χ4n) is 7.55. The molecule has 4 aliphatic heterocycles. The lowest BCUT2D eigenvalue weighted by Crippen LogP contribution is -2.57. The number of amides is 2. The predicted octanol–water partition coefficient (Wildman–Crippen LogP) is 2.41. The molecule has 10 heteroatoms. The maximum Gasteiger partial charge on any atom is 0.312 e. The number of unbranched alkanes of at least 4 members (excludes halogenated alkanes) is 4. The molecular weight excluding hydrogens is 538 g/mol. The molecule has 0 aliphatic carbocycles. The molecule has 42 heavy (non-hydrogen) atoms. The van der Waals surface area contributed by atoms with Gasteiger partial charge in [-0.15, -0.1) is 13.2 Å². The average molecular weight is 590 g/mol. The minimum Gasteiger partial charge on any atom is -0.465 e. The lowest BCUT2D eigenvalue weighted by molar-refractivity contribution is -0.162. The SMILES string of the molecule is C=CCCCCOC(=O)[C@@H]1[C@H]2C(=O)N(CCCCCO)C(C(=O)N(CC=C)CCN3CCOCC3)C23CC(C)[C@@]1(C)O3. The van der Waals surface area contributed by atoms with Crippen LogP contribution in [0.3, 0.4) is 0 Å². The van der Waals surface area contributed by atoms with Gasteiger partial charge in [-0.2, -0.15) is 0 Å². The van der Waals surface area contributed by atoms with Crippen molar-refractivity contribution in [2.45, 2.75) is 76.0 Å². The number of morpholine rings is 1. The van der Waals surface area contributed by atoms with E-state index in [0.29, 0.717) is 58.7 Å². The van der Waals surface area contributed by atoms with Gasteiger partial charge in [0.2, 0.25) is 11.8 Å². The van der Waals surface area contributed by atoms with Crippen LogP contribution in [0.15, 0.2) is 25.3 Å². The van der Waals surface area contributed by atoms with E-state index in [1.807, 2.05) is 19.9 Å². The predicted molar refractivity (Wildman–Crippen MR) is 158 cm³/mol. The molecule has 1 N–H and O–H groups in total. The summed E-state index contributed by atoms with van der Waals surface area (Å²) in [4.78, 5) is 48.2. The molecule has 4 aliphatic rings. The number of carbonyl (C=O) groups is 3. The monoisotopic (exact) mass is 589 g/mol. The molecular formula is C32H51N3O7. The van der Waals surface area contributed by atoms with Crippen LogP contribution in [0.4, 0.5) is 0 Å². The second kappa shape index (κ2) is 14.5. The summed E-state index contributed by atoms with van der Waals surface area (Å²) < 4.78 is 18.1. The molecule has 2 bridgehead atoms. The molecule has 0 aromatic heterocycles. The summed E-state index contributed by atoms with van der Waals surface area (Å²) in [5.74, 6) is -2.34. The van der Waals surface area contributed by atoms with Crippen LogP contribution in [0, 0.1) is 17.8 Å². The van der Waals surface area contributed by atoms with E-state index in [-0.39, 0.29) is 30.9 Å². The van der Waals surface area contributed by atoms with Crippen LogP contribution in [0.25, 0.3) is 0 Å². The summed E-state index contributed by atoms with van der Waals surface area (Å²) in [7, 11) is 0. The maximum absolute atomic E-state index is 14.5. The first kappa shape index (κ1) is 32.6. The third kappa shape index (κ3) is 6.32. The van der Waals surface area contributed by atoms with E-state index in [2.05, 4.69) is 18.1 Å². The number of nitrogens with zero attached hydrogens (tertiary/aromatic N) is 3. The molecule has 4 rings (SSSR count). The Labute approximate surface area is 251 Å². The fraction of sp³-hybridized carbons (Fsp3) is 0.781. The number of carbonyl (C=O) groups excluding carboxylic acids is 3. The summed E-state index contributed by atoms with van der Waals surface area (Å²) in [5.41, 5.74) is -1.98. The van der Waals surface area contributed by atoms with Crippen molar-refractivity contribution in [1.82, 2.24) is 14.7 Å². The van der Waals surface area contributed by atoms with Gasteiger partial charge in [0.1, 0.15) is 17.6 Å². The minimum absolute atomic E-state index is 0.0364. The van der Waals surface area contributed by atoms with E-state index in [1.54, 1.807) is 15.9 Å². The number of aliphatic hydroxyl groups excluding tert-OH is 1. The van der Waals surface area contributed by atoms with Crippen LogP contribution in [-0.4, -0.2) is 121 Å². The first-order chi connectivity index (χ1) is 20.2. The molecule has 3 unspecified atom stereocenters. The number of hydrogen-bond donors (Lipinski definition) is 1. The molecule has 0 aromatic rings. The Morgan fingerprint density at radius 2 is 1.88 bits per heavy atom. The zero-order valence-corrected chi connectivity index (χ0v) is 25.6. The zero-order valence-electron chi connectivity index (χ0n) is 25.6. The highest BCUT2D eigenvalue weighted by Gasteiger charge is 2.80. The Balaban J connectivity index is 1.61. The van der Waals surface area contributed by atoms with E-state index in [4.69, 9.17) is 14.2 Å². The molecule has 0 aromatic carbocycles. The van der Waals surface area contributed by atoms with E-state index in [1.165, 1.54) is 0 Å². The van der Waals surface area contributed by atoms with E-state index in [9.17, 15) is 19.5 Å². The van der Waals surface area contributed by atoms with Crippen LogP contribution < -0.4 is 0 Å². The highest BCUT2D eigenvalue weighted by atomic mass is 16.6. The number of fused-ring (bicyclic) bond motifs is 1. The molecule has 4 fully saturated rings. The van der Waals surface area contributed by atoms with Crippen molar-refractivity contribution in [1.29, 1.82) is 0 Å². The first-order valence-corrected chi connectivity index (χ1v) is 15.8. The fourth-order valence-corrected chi connectivity index (χ4v) is 7.55. The van der Waals surface area contributed by atoms with Crippen molar-refractivity contribution < 1.29 is 33.7 Å². The van der Waals surface area contributed by atoms with Crippen LogP contribution in [-0.2, 0) is 28.6 Å². The average Bonchev–Trinajstić information content (AvgIpc) is 3.49. The number of aliphatic hydroxyl groups is 1. The Morgan fingerprint density at radius 3 is 2.57 bits per heavy atom. The first-order valence-electron chi connectivity index (χ1n) is 15.8. The van der Waals surface area contributed by atoms with Crippen LogP contribution >= 0.6 is 0 Å². The standard InChI is InChI=1S/C32H51N3O7/c1-5-7-8-12-20-41-30(39)26-25-28(37)35(14-10-9-11-19-36)27(32(25)23-24(3)31(26,4)42-32)29(38)34(13-6-2)16-15-33-17-21-40-22-18-33/h5-6,24-27,36H,1-2,7-23H2,3-4H3/t24?,25-,26-,27?,31+,32?/m0/s1. The van der Waals surface area contributed by atoms with E-state index < -0.39 is 35.0 Å². The van der Waals surface area contributed by atoms with Gasteiger partial charge in [0.05, 0.1) is 31.3 Å². The summed E-state index contributed by atoms with van der Waals surface area (Å²) in [6, 6.07) is -0.830. The maximum atomic E-state index is 14.5. The molecule has 2 amide bonds. The van der Waals surface area contributed by atoms with Gasteiger partial charge in [-0.1, -0.05) is 19.1 Å². The number of hydrogen-bond acceptors (Lipinski definition) is 8. The third-order valence-corrected chi connectivity index (χ3v) is 9.86. The summed E-state index contributed by atoms with van der Waals surface area (Å²) >= 11 is 0. The molecule has 4 heterocycles. The normalized spacial score (nSPS) is 32.2. The van der Waals surface area contributed by atoms with Crippen molar-refractivity contribution >= 4 is 17.8 Å². The van der Waals surface area contributed by atoms with Gasteiger partial charge in [0.15, 0.2) is 0 Å². The highest BCUT2D eigenvalue weighted by molar-refractivity contribution is 5.98. The lowest BCUT2D eigenvalue weighted by atomic mass is 9.62. The number of esters is 1. The Morgan fingerprint density at radius 1 is 1.12 bits per heavy atom. The third-order valence-electron chi connectivity index (χ3n) is 9.86. The molecule has 236 valence electrons. The second-order valence-corrected chi connectivity index (χ2v) is 12.5. The minimum atomic E-state index is -1.09. The lowest BCUT2D eigenvalue weighted by Gasteiger charge is -2.38. The quantitative estimate of drug-likeness (QED) is 0.157. The Kier molecular flexibility index (Phi) is 11.2. The molecule has 0 saturated carbocycles. The smallest absolute Gasteiger partial charge is 0.312 e. The summed E-state index contributed by atoms with van der Waals surface area (Å²) in [6.45, 7) is 16.9. The van der Waals surface area contributed by atoms with E-state index in [0.717, 1.165) is 38.8 Å².